The number of rotatable bonds is 0. The second-order valence-corrected chi connectivity index (χ2v) is 3.12. The molecule has 3 heteroatoms. The maximum Gasteiger partial charge on any atom is 0.306 e. The highest BCUT2D eigenvalue weighted by molar-refractivity contribution is 5.72. The molecule has 0 amide bonds. The van der Waals surface area contributed by atoms with Gasteiger partial charge in [-0.15, -0.1) is 0 Å². The normalized spacial score (nSPS) is 45.3. The van der Waals surface area contributed by atoms with Crippen LogP contribution in [0.2, 0.25) is 0 Å². The molecule has 3 nitrogen and oxygen atoms in total. The highest BCUT2D eigenvalue weighted by Gasteiger charge is 2.42. The Morgan fingerprint density at radius 2 is 2.30 bits per heavy atom. The second-order valence-electron chi connectivity index (χ2n) is 3.12. The van der Waals surface area contributed by atoms with Crippen molar-refractivity contribution in [1.82, 2.24) is 0 Å². The van der Waals surface area contributed by atoms with E-state index < -0.39 is 0 Å². The summed E-state index contributed by atoms with van der Waals surface area (Å²) in [6, 6.07) is 0. The molecule has 2 fully saturated rings. The molecule has 0 bridgehead atoms. The van der Waals surface area contributed by atoms with E-state index >= 15 is 0 Å². The van der Waals surface area contributed by atoms with Gasteiger partial charge in [-0.05, 0) is 6.42 Å². The minimum Gasteiger partial charge on any atom is -0.462 e. The smallest absolute Gasteiger partial charge is 0.306 e. The molecule has 2 rings (SSSR count). The van der Waals surface area contributed by atoms with Crippen molar-refractivity contribution in [2.75, 3.05) is 0 Å². The molecular formula is C7H10O3. The van der Waals surface area contributed by atoms with Crippen LogP contribution in [-0.2, 0) is 9.53 Å². The molecule has 0 radical (unpaired) electrons. The summed E-state index contributed by atoms with van der Waals surface area (Å²) in [5.41, 5.74) is 0. The van der Waals surface area contributed by atoms with Crippen LogP contribution in [0.25, 0.3) is 0 Å². The summed E-state index contributed by atoms with van der Waals surface area (Å²) in [7, 11) is 0. The van der Waals surface area contributed by atoms with Crippen molar-refractivity contribution in [3.05, 3.63) is 0 Å². The van der Waals surface area contributed by atoms with E-state index in [4.69, 9.17) is 9.84 Å². The molecule has 3 unspecified atom stereocenters. The lowest BCUT2D eigenvalue weighted by atomic mass is 10.1. The van der Waals surface area contributed by atoms with Crippen LogP contribution in [0.4, 0.5) is 0 Å². The fourth-order valence-corrected chi connectivity index (χ4v) is 1.85. The number of aliphatic hydroxyl groups excluding tert-OH is 1. The molecule has 0 aromatic rings. The molecule has 1 heterocycles. The second kappa shape index (κ2) is 1.95. The molecule has 0 aromatic heterocycles. The van der Waals surface area contributed by atoms with Crippen molar-refractivity contribution < 1.29 is 14.6 Å². The van der Waals surface area contributed by atoms with Crippen molar-refractivity contribution in [1.29, 1.82) is 0 Å². The number of aliphatic hydroxyl groups is 1. The highest BCUT2D eigenvalue weighted by Crippen LogP contribution is 2.36. The summed E-state index contributed by atoms with van der Waals surface area (Å²) in [5, 5.41) is 9.13. The van der Waals surface area contributed by atoms with Gasteiger partial charge < -0.3 is 9.84 Å². The predicted molar refractivity (Wildman–Crippen MR) is 33.2 cm³/mol. The van der Waals surface area contributed by atoms with Crippen molar-refractivity contribution in [2.24, 2.45) is 5.92 Å². The van der Waals surface area contributed by atoms with Gasteiger partial charge in [0.25, 0.3) is 0 Å². The average Bonchev–Trinajstić information content (AvgIpc) is 2.21. The molecule has 2 aliphatic rings. The Bertz CT molecular complexity index is 150. The Kier molecular flexibility index (Phi) is 1.20. The Hall–Kier alpha value is -0.570. The standard InChI is InChI=1S/C7H10O3/c8-5-1-4-2-7(9)10-6(4)3-5/h4-6,8H,1-3H2. The summed E-state index contributed by atoms with van der Waals surface area (Å²) < 4.78 is 4.96. The third-order valence-electron chi connectivity index (χ3n) is 2.32. The van der Waals surface area contributed by atoms with E-state index in [2.05, 4.69) is 0 Å². The van der Waals surface area contributed by atoms with Crippen LogP contribution in [-0.4, -0.2) is 23.3 Å². The van der Waals surface area contributed by atoms with Gasteiger partial charge in [0.2, 0.25) is 0 Å². The first-order valence-electron chi connectivity index (χ1n) is 3.63. The Morgan fingerprint density at radius 3 is 3.00 bits per heavy atom. The molecule has 0 spiro atoms. The van der Waals surface area contributed by atoms with Crippen molar-refractivity contribution in [3.63, 3.8) is 0 Å². The van der Waals surface area contributed by atoms with E-state index in [0.29, 0.717) is 18.8 Å². The molecule has 3 atom stereocenters. The van der Waals surface area contributed by atoms with Gasteiger partial charge in [-0.1, -0.05) is 0 Å². The molecule has 56 valence electrons. The average molecular weight is 142 g/mol. The van der Waals surface area contributed by atoms with Gasteiger partial charge in [0.05, 0.1) is 12.5 Å². The SMILES string of the molecule is O=C1CC2CC(O)CC2O1. The lowest BCUT2D eigenvalue weighted by molar-refractivity contribution is -0.141. The molecule has 1 N–H and O–H groups in total. The Morgan fingerprint density at radius 1 is 1.50 bits per heavy atom. The monoisotopic (exact) mass is 142 g/mol. The lowest BCUT2D eigenvalue weighted by Gasteiger charge is -2.03. The first-order valence-corrected chi connectivity index (χ1v) is 3.63. The Labute approximate surface area is 59.0 Å². The van der Waals surface area contributed by atoms with Crippen LogP contribution in [0.1, 0.15) is 19.3 Å². The van der Waals surface area contributed by atoms with Gasteiger partial charge in [-0.25, -0.2) is 0 Å². The number of hydrogen-bond donors (Lipinski definition) is 1. The maximum atomic E-state index is 10.7. The van der Waals surface area contributed by atoms with Gasteiger partial charge in [0, 0.05) is 12.3 Å². The third-order valence-corrected chi connectivity index (χ3v) is 2.32. The zero-order chi connectivity index (χ0) is 7.14. The van der Waals surface area contributed by atoms with E-state index in [9.17, 15) is 4.79 Å². The number of fused-ring (bicyclic) bond motifs is 1. The van der Waals surface area contributed by atoms with Gasteiger partial charge >= 0.3 is 5.97 Å². The van der Waals surface area contributed by atoms with Crippen LogP contribution in [0.3, 0.4) is 0 Å². The number of carbonyl (C=O) groups excluding carboxylic acids is 1. The molecular weight excluding hydrogens is 132 g/mol. The van der Waals surface area contributed by atoms with Gasteiger partial charge in [-0.3, -0.25) is 4.79 Å². The lowest BCUT2D eigenvalue weighted by Crippen LogP contribution is -2.09. The summed E-state index contributed by atoms with van der Waals surface area (Å²) in [6.07, 6.45) is 1.71. The van der Waals surface area contributed by atoms with E-state index in [1.165, 1.54) is 0 Å². The zero-order valence-corrected chi connectivity index (χ0v) is 5.62. The minimum absolute atomic E-state index is 0.0301. The molecule has 1 saturated heterocycles. The summed E-state index contributed by atoms with van der Waals surface area (Å²) in [5.74, 6) is 0.212. The fourth-order valence-electron chi connectivity index (χ4n) is 1.85. The van der Waals surface area contributed by atoms with Crippen LogP contribution in [0, 0.1) is 5.92 Å². The molecule has 10 heavy (non-hydrogen) atoms. The van der Waals surface area contributed by atoms with Crippen LogP contribution in [0.15, 0.2) is 0 Å². The molecule has 1 aliphatic carbocycles. The largest absolute Gasteiger partial charge is 0.462 e. The van der Waals surface area contributed by atoms with E-state index in [-0.39, 0.29) is 18.2 Å². The fraction of sp³-hybridized carbons (Fsp3) is 0.857. The summed E-state index contributed by atoms with van der Waals surface area (Å²) in [6.45, 7) is 0. The predicted octanol–water partition coefficient (Wildman–Crippen LogP) is 0.0728. The molecule has 1 aliphatic heterocycles. The van der Waals surface area contributed by atoms with Crippen molar-refractivity contribution >= 4 is 5.97 Å². The number of esters is 1. The van der Waals surface area contributed by atoms with E-state index in [1.54, 1.807) is 0 Å². The zero-order valence-electron chi connectivity index (χ0n) is 5.62. The quantitative estimate of drug-likeness (QED) is 0.487. The van der Waals surface area contributed by atoms with Gasteiger partial charge in [-0.2, -0.15) is 0 Å². The van der Waals surface area contributed by atoms with Crippen LogP contribution in [0.5, 0.6) is 0 Å². The maximum absolute atomic E-state index is 10.7. The first kappa shape index (κ1) is 6.16. The van der Waals surface area contributed by atoms with E-state index in [1.807, 2.05) is 0 Å². The highest BCUT2D eigenvalue weighted by atomic mass is 16.6. The van der Waals surface area contributed by atoms with Crippen molar-refractivity contribution in [2.45, 2.75) is 31.5 Å². The molecule has 1 saturated carbocycles. The van der Waals surface area contributed by atoms with Gasteiger partial charge in [0.1, 0.15) is 6.10 Å². The first-order chi connectivity index (χ1) is 4.75. The number of carbonyl (C=O) groups is 1. The van der Waals surface area contributed by atoms with Crippen LogP contribution < -0.4 is 0 Å². The van der Waals surface area contributed by atoms with Crippen LogP contribution >= 0.6 is 0 Å². The van der Waals surface area contributed by atoms with Crippen molar-refractivity contribution in [3.8, 4) is 0 Å². The minimum atomic E-state index is -0.233. The Balaban J connectivity index is 2.06. The number of hydrogen-bond acceptors (Lipinski definition) is 3. The number of ether oxygens (including phenoxy) is 1. The molecule has 0 aromatic carbocycles. The summed E-state index contributed by atoms with van der Waals surface area (Å²) >= 11 is 0. The third kappa shape index (κ3) is 0.814. The summed E-state index contributed by atoms with van der Waals surface area (Å²) in [4.78, 5) is 10.7. The van der Waals surface area contributed by atoms with Gasteiger partial charge in [0.15, 0.2) is 0 Å². The van der Waals surface area contributed by atoms with E-state index in [0.717, 1.165) is 6.42 Å². The topological polar surface area (TPSA) is 46.5 Å².